The minimum atomic E-state index is -4.53. The topological polar surface area (TPSA) is 58.2 Å². The van der Waals surface area contributed by atoms with Crippen molar-refractivity contribution in [2.45, 2.75) is 18.3 Å². The number of nitrogens with one attached hydrogen (secondary N) is 2. The molecule has 9 heteroatoms. The van der Waals surface area contributed by atoms with Crippen LogP contribution in [0.1, 0.15) is 12.5 Å². The fourth-order valence-electron chi connectivity index (χ4n) is 1.43. The first-order chi connectivity index (χ1) is 9.08. The number of anilines is 1. The first-order valence-corrected chi connectivity index (χ1v) is 7.53. The first-order valence-electron chi connectivity index (χ1n) is 5.61. The van der Waals surface area contributed by atoms with E-state index in [9.17, 15) is 21.6 Å². The Morgan fingerprint density at radius 1 is 1.35 bits per heavy atom. The summed E-state index contributed by atoms with van der Waals surface area (Å²) >= 11 is 5.68. The normalized spacial score (nSPS) is 14.1. The molecule has 0 aliphatic carbocycles. The Morgan fingerprint density at radius 2 is 1.95 bits per heavy atom. The molecule has 0 bridgehead atoms. The van der Waals surface area contributed by atoms with Gasteiger partial charge >= 0.3 is 6.18 Å². The molecule has 2 N–H and O–H groups in total. The van der Waals surface area contributed by atoms with Crippen LogP contribution < -0.4 is 10.0 Å². The van der Waals surface area contributed by atoms with Crippen molar-refractivity contribution in [3.8, 4) is 0 Å². The Kier molecular flexibility index (Phi) is 5.28. The smallest absolute Gasteiger partial charge is 0.318 e. The van der Waals surface area contributed by atoms with Gasteiger partial charge in [0, 0.05) is 6.54 Å². The molecule has 0 radical (unpaired) electrons. The maximum Gasteiger partial charge on any atom is 0.416 e. The van der Waals surface area contributed by atoms with Gasteiger partial charge in [0.1, 0.15) is 0 Å². The Labute approximate surface area is 120 Å². The average molecular weight is 331 g/mol. The standard InChI is InChI=1S/C11H14ClF3N2O2S/c1-7(6-16-2)20(18,19)17-10-4-3-8(5-9(10)12)11(13,14)15/h3-5,7,16-17H,6H2,1-2H3. The van der Waals surface area contributed by atoms with E-state index in [0.29, 0.717) is 6.07 Å². The van der Waals surface area contributed by atoms with Crippen molar-refractivity contribution in [2.75, 3.05) is 18.3 Å². The summed E-state index contributed by atoms with van der Waals surface area (Å²) in [6, 6.07) is 2.45. The van der Waals surface area contributed by atoms with Crippen molar-refractivity contribution >= 4 is 27.3 Å². The molecule has 0 heterocycles. The van der Waals surface area contributed by atoms with Gasteiger partial charge in [-0.2, -0.15) is 13.2 Å². The summed E-state index contributed by atoms with van der Waals surface area (Å²) in [5.74, 6) is 0. The van der Waals surface area contributed by atoms with E-state index < -0.39 is 27.0 Å². The molecule has 0 saturated heterocycles. The van der Waals surface area contributed by atoms with Crippen molar-refractivity contribution in [2.24, 2.45) is 0 Å². The predicted molar refractivity (Wildman–Crippen MR) is 72.4 cm³/mol. The number of halogens is 4. The maximum atomic E-state index is 12.5. The molecule has 0 spiro atoms. The highest BCUT2D eigenvalue weighted by Crippen LogP contribution is 2.34. The molecule has 0 aliphatic rings. The lowest BCUT2D eigenvalue weighted by molar-refractivity contribution is -0.137. The Balaban J connectivity index is 3.00. The van der Waals surface area contributed by atoms with Gasteiger partial charge in [-0.15, -0.1) is 0 Å². The van der Waals surface area contributed by atoms with Crippen LogP contribution in [0.25, 0.3) is 0 Å². The van der Waals surface area contributed by atoms with Gasteiger partial charge in [0.25, 0.3) is 0 Å². The number of rotatable bonds is 5. The van der Waals surface area contributed by atoms with Gasteiger partial charge in [0.15, 0.2) is 0 Å². The largest absolute Gasteiger partial charge is 0.416 e. The van der Waals surface area contributed by atoms with Crippen LogP contribution in [0.15, 0.2) is 18.2 Å². The van der Waals surface area contributed by atoms with Gasteiger partial charge in [0.05, 0.1) is 21.5 Å². The van der Waals surface area contributed by atoms with Gasteiger partial charge < -0.3 is 5.32 Å². The minimum absolute atomic E-state index is 0.0809. The Bertz CT molecular complexity index is 576. The third-order valence-corrected chi connectivity index (χ3v) is 4.61. The molecular formula is C11H14ClF3N2O2S. The maximum absolute atomic E-state index is 12.5. The number of hydrogen-bond donors (Lipinski definition) is 2. The second-order valence-corrected chi connectivity index (χ2v) is 6.71. The molecule has 1 aromatic carbocycles. The predicted octanol–water partition coefficient (Wildman–Crippen LogP) is 2.71. The minimum Gasteiger partial charge on any atom is -0.318 e. The summed E-state index contributed by atoms with van der Waals surface area (Å²) in [7, 11) is -2.13. The van der Waals surface area contributed by atoms with Crippen LogP contribution >= 0.6 is 11.6 Å². The van der Waals surface area contributed by atoms with Gasteiger partial charge in [-0.1, -0.05) is 11.6 Å². The highest BCUT2D eigenvalue weighted by atomic mass is 35.5. The van der Waals surface area contributed by atoms with Crippen molar-refractivity contribution in [1.29, 1.82) is 0 Å². The second-order valence-electron chi connectivity index (χ2n) is 4.21. The molecule has 0 aliphatic heterocycles. The Morgan fingerprint density at radius 3 is 2.40 bits per heavy atom. The molecule has 0 amide bonds. The lowest BCUT2D eigenvalue weighted by Gasteiger charge is -2.16. The van der Waals surface area contributed by atoms with E-state index >= 15 is 0 Å². The van der Waals surface area contributed by atoms with Crippen LogP contribution in [0, 0.1) is 0 Å². The first kappa shape index (κ1) is 17.1. The zero-order chi connectivity index (χ0) is 15.6. The summed E-state index contributed by atoms with van der Waals surface area (Å²) in [4.78, 5) is 0. The molecule has 20 heavy (non-hydrogen) atoms. The van der Waals surface area contributed by atoms with Crippen LogP contribution in [0.4, 0.5) is 18.9 Å². The molecule has 1 atom stereocenters. The quantitative estimate of drug-likeness (QED) is 0.872. The fraction of sp³-hybridized carbons (Fsp3) is 0.455. The highest BCUT2D eigenvalue weighted by Gasteiger charge is 2.31. The van der Waals surface area contributed by atoms with E-state index in [4.69, 9.17) is 11.6 Å². The monoisotopic (exact) mass is 330 g/mol. The van der Waals surface area contributed by atoms with Crippen molar-refractivity contribution < 1.29 is 21.6 Å². The van der Waals surface area contributed by atoms with E-state index in [-0.39, 0.29) is 17.3 Å². The third-order valence-electron chi connectivity index (χ3n) is 2.57. The van der Waals surface area contributed by atoms with Gasteiger partial charge in [-0.05, 0) is 32.2 Å². The summed E-state index contributed by atoms with van der Waals surface area (Å²) in [6.07, 6.45) is -4.53. The second kappa shape index (κ2) is 6.19. The number of hydrogen-bond acceptors (Lipinski definition) is 3. The van der Waals surface area contributed by atoms with Crippen LogP contribution in [-0.4, -0.2) is 27.3 Å². The van der Waals surface area contributed by atoms with Crippen molar-refractivity contribution in [3.05, 3.63) is 28.8 Å². The van der Waals surface area contributed by atoms with E-state index in [1.54, 1.807) is 7.05 Å². The van der Waals surface area contributed by atoms with Crippen LogP contribution in [0.2, 0.25) is 5.02 Å². The van der Waals surface area contributed by atoms with Gasteiger partial charge in [-0.3, -0.25) is 4.72 Å². The van der Waals surface area contributed by atoms with E-state index in [0.717, 1.165) is 12.1 Å². The molecule has 1 aromatic rings. The van der Waals surface area contributed by atoms with E-state index in [1.807, 2.05) is 0 Å². The zero-order valence-corrected chi connectivity index (χ0v) is 12.3. The molecular weight excluding hydrogens is 317 g/mol. The van der Waals surface area contributed by atoms with Crippen molar-refractivity contribution in [1.82, 2.24) is 5.32 Å². The Hall–Kier alpha value is -0.990. The van der Waals surface area contributed by atoms with Crippen LogP contribution in [-0.2, 0) is 16.2 Å². The molecule has 1 unspecified atom stereocenters. The summed E-state index contributed by atoms with van der Waals surface area (Å²) in [5, 5.41) is 1.64. The number of sulfonamides is 1. The van der Waals surface area contributed by atoms with Gasteiger partial charge in [0.2, 0.25) is 10.0 Å². The average Bonchev–Trinajstić information content (AvgIpc) is 2.30. The van der Waals surface area contributed by atoms with Gasteiger partial charge in [-0.25, -0.2) is 8.42 Å². The van der Waals surface area contributed by atoms with E-state index in [2.05, 4.69) is 10.0 Å². The van der Waals surface area contributed by atoms with Crippen LogP contribution in [0.5, 0.6) is 0 Å². The number of benzene rings is 1. The molecule has 0 fully saturated rings. The molecule has 114 valence electrons. The molecule has 0 saturated carbocycles. The third kappa shape index (κ3) is 4.26. The lowest BCUT2D eigenvalue weighted by atomic mass is 10.2. The molecule has 4 nitrogen and oxygen atoms in total. The number of alkyl halides is 3. The summed E-state index contributed by atoms with van der Waals surface area (Å²) < 4.78 is 63.3. The van der Waals surface area contributed by atoms with Crippen LogP contribution in [0.3, 0.4) is 0 Å². The summed E-state index contributed by atoms with van der Waals surface area (Å²) in [6.45, 7) is 1.67. The van der Waals surface area contributed by atoms with Crippen molar-refractivity contribution in [3.63, 3.8) is 0 Å². The van der Waals surface area contributed by atoms with E-state index in [1.165, 1.54) is 6.92 Å². The molecule has 1 rings (SSSR count). The fourth-order valence-corrected chi connectivity index (χ4v) is 2.78. The zero-order valence-electron chi connectivity index (χ0n) is 10.8. The SMILES string of the molecule is CNCC(C)S(=O)(=O)Nc1ccc(C(F)(F)F)cc1Cl. The lowest BCUT2D eigenvalue weighted by Crippen LogP contribution is -2.33. The molecule has 0 aromatic heterocycles. The highest BCUT2D eigenvalue weighted by molar-refractivity contribution is 7.93. The summed E-state index contributed by atoms with van der Waals surface area (Å²) in [5.41, 5.74) is -1.02.